The van der Waals surface area contributed by atoms with Gasteiger partial charge in [0.2, 0.25) is 5.91 Å². The molecule has 0 aromatic carbocycles. The molecule has 3 aliphatic rings. The molecule has 2 saturated heterocycles. The zero-order valence-electron chi connectivity index (χ0n) is 17.9. The monoisotopic (exact) mass is 408 g/mol. The van der Waals surface area contributed by atoms with Crippen LogP contribution in [0.15, 0.2) is 11.1 Å². The van der Waals surface area contributed by atoms with Crippen molar-refractivity contribution in [2.75, 3.05) is 31.1 Å². The second-order valence-electron chi connectivity index (χ2n) is 8.99. The second-order valence-corrected chi connectivity index (χ2v) is 8.99. The molecule has 0 radical (unpaired) electrons. The van der Waals surface area contributed by atoms with Crippen LogP contribution in [0.5, 0.6) is 0 Å². The van der Waals surface area contributed by atoms with Gasteiger partial charge in [0, 0.05) is 60.5 Å². The zero-order valence-corrected chi connectivity index (χ0v) is 17.9. The molecule has 0 spiro atoms. The van der Waals surface area contributed by atoms with Crippen molar-refractivity contribution in [2.45, 2.75) is 46.6 Å². The molecule has 0 saturated carbocycles. The lowest BCUT2D eigenvalue weighted by Crippen LogP contribution is -2.38. The first-order chi connectivity index (χ1) is 14.4. The van der Waals surface area contributed by atoms with Crippen molar-refractivity contribution < 1.29 is 4.79 Å². The molecular formula is C22H28N6O2. The molecule has 1 aliphatic carbocycles. The summed E-state index contributed by atoms with van der Waals surface area (Å²) in [5.74, 6) is 2.88. The summed E-state index contributed by atoms with van der Waals surface area (Å²) in [6.07, 6.45) is 4.77. The Balaban J connectivity index is 1.26. The number of aryl methyl sites for hydroxylation is 3. The van der Waals surface area contributed by atoms with Gasteiger partial charge in [-0.15, -0.1) is 0 Å². The van der Waals surface area contributed by atoms with E-state index in [2.05, 4.69) is 14.9 Å². The largest absolute Gasteiger partial charge is 0.356 e. The maximum Gasteiger partial charge on any atom is 0.256 e. The third-order valence-corrected chi connectivity index (χ3v) is 6.98. The average Bonchev–Trinajstić information content (AvgIpc) is 3.42. The summed E-state index contributed by atoms with van der Waals surface area (Å²) < 4.78 is 1.43. The number of hydrogen-bond donors (Lipinski definition) is 0. The van der Waals surface area contributed by atoms with E-state index in [-0.39, 0.29) is 18.0 Å². The van der Waals surface area contributed by atoms with Gasteiger partial charge in [-0.2, -0.15) is 0 Å². The Morgan fingerprint density at radius 3 is 2.53 bits per heavy atom. The Bertz CT molecular complexity index is 1060. The van der Waals surface area contributed by atoms with Crippen molar-refractivity contribution in [3.63, 3.8) is 0 Å². The minimum Gasteiger partial charge on any atom is -0.356 e. The van der Waals surface area contributed by atoms with Crippen molar-refractivity contribution >= 4 is 11.7 Å². The number of carbonyl (C=O) groups is 1. The van der Waals surface area contributed by atoms with Crippen LogP contribution in [0.1, 0.15) is 34.8 Å². The van der Waals surface area contributed by atoms with Gasteiger partial charge in [-0.05, 0) is 40.0 Å². The van der Waals surface area contributed by atoms with Gasteiger partial charge in [0.1, 0.15) is 18.2 Å². The summed E-state index contributed by atoms with van der Waals surface area (Å²) in [6.45, 7) is 8.97. The minimum atomic E-state index is -0.130. The number of hydrogen-bond acceptors (Lipinski definition) is 6. The van der Waals surface area contributed by atoms with Gasteiger partial charge in [0.25, 0.3) is 5.56 Å². The van der Waals surface area contributed by atoms with E-state index in [0.29, 0.717) is 23.1 Å². The predicted octanol–water partition coefficient (Wildman–Crippen LogP) is 1.04. The Kier molecular flexibility index (Phi) is 4.60. The molecule has 2 atom stereocenters. The summed E-state index contributed by atoms with van der Waals surface area (Å²) in [5.41, 5.74) is 3.74. The molecule has 2 unspecified atom stereocenters. The van der Waals surface area contributed by atoms with E-state index in [9.17, 15) is 9.59 Å². The van der Waals surface area contributed by atoms with Crippen LogP contribution in [0.25, 0.3) is 0 Å². The van der Waals surface area contributed by atoms with E-state index < -0.39 is 0 Å². The summed E-state index contributed by atoms with van der Waals surface area (Å²) in [4.78, 5) is 43.2. The third kappa shape index (κ3) is 3.18. The van der Waals surface area contributed by atoms with E-state index in [4.69, 9.17) is 4.98 Å². The van der Waals surface area contributed by atoms with Gasteiger partial charge in [0.05, 0.1) is 6.33 Å². The van der Waals surface area contributed by atoms with E-state index in [1.165, 1.54) is 22.2 Å². The van der Waals surface area contributed by atoms with Crippen LogP contribution in [-0.2, 0) is 24.2 Å². The van der Waals surface area contributed by atoms with Crippen LogP contribution in [0.4, 0.5) is 5.82 Å². The smallest absolute Gasteiger partial charge is 0.256 e. The van der Waals surface area contributed by atoms with Gasteiger partial charge < -0.3 is 9.80 Å². The molecule has 0 N–H and O–H groups in total. The Morgan fingerprint density at radius 1 is 1.07 bits per heavy atom. The van der Waals surface area contributed by atoms with Gasteiger partial charge in [0.15, 0.2) is 0 Å². The Labute approximate surface area is 176 Å². The molecule has 2 fully saturated rings. The number of fused-ring (bicyclic) bond motifs is 2. The lowest BCUT2D eigenvalue weighted by atomic mass is 10.0. The number of carbonyl (C=O) groups excluding carboxylic acids is 1. The van der Waals surface area contributed by atoms with Crippen LogP contribution in [0.3, 0.4) is 0 Å². The first kappa shape index (κ1) is 19.2. The highest BCUT2D eigenvalue weighted by atomic mass is 16.2. The highest BCUT2D eigenvalue weighted by Crippen LogP contribution is 2.37. The highest BCUT2D eigenvalue weighted by Gasteiger charge is 2.42. The van der Waals surface area contributed by atoms with Crippen LogP contribution < -0.4 is 10.5 Å². The number of anilines is 1. The number of amides is 1. The number of likely N-dealkylation sites (tertiary alicyclic amines) is 1. The molecular weight excluding hydrogens is 380 g/mol. The number of rotatable bonds is 3. The first-order valence-corrected chi connectivity index (χ1v) is 10.8. The van der Waals surface area contributed by atoms with E-state index in [0.717, 1.165) is 57.1 Å². The summed E-state index contributed by atoms with van der Waals surface area (Å²) in [6, 6.07) is 0. The molecule has 2 aliphatic heterocycles. The molecule has 30 heavy (non-hydrogen) atoms. The molecule has 2 aromatic rings. The molecule has 4 heterocycles. The minimum absolute atomic E-state index is 0.00174. The molecule has 158 valence electrons. The van der Waals surface area contributed by atoms with E-state index in [1.807, 2.05) is 18.7 Å². The van der Waals surface area contributed by atoms with Crippen molar-refractivity contribution in [1.82, 2.24) is 24.4 Å². The fraction of sp³-hybridized carbons (Fsp3) is 0.591. The van der Waals surface area contributed by atoms with Crippen molar-refractivity contribution in [2.24, 2.45) is 11.8 Å². The predicted molar refractivity (Wildman–Crippen MR) is 113 cm³/mol. The maximum atomic E-state index is 12.8. The fourth-order valence-corrected chi connectivity index (χ4v) is 5.20. The lowest BCUT2D eigenvalue weighted by Gasteiger charge is -2.24. The van der Waals surface area contributed by atoms with Gasteiger partial charge >= 0.3 is 0 Å². The van der Waals surface area contributed by atoms with Gasteiger partial charge in [-0.25, -0.2) is 15.0 Å². The molecule has 1 amide bonds. The number of nitrogens with zero attached hydrogens (tertiary/aromatic N) is 6. The molecule has 8 nitrogen and oxygen atoms in total. The van der Waals surface area contributed by atoms with Crippen molar-refractivity contribution in [3.8, 4) is 0 Å². The Hall–Kier alpha value is -2.77. The van der Waals surface area contributed by atoms with E-state index in [1.54, 1.807) is 6.92 Å². The van der Waals surface area contributed by atoms with E-state index >= 15 is 0 Å². The van der Waals surface area contributed by atoms with Crippen molar-refractivity contribution in [1.29, 1.82) is 0 Å². The average molecular weight is 409 g/mol. The first-order valence-electron chi connectivity index (χ1n) is 10.8. The number of aromatic nitrogens is 4. The zero-order chi connectivity index (χ0) is 21.0. The molecule has 8 heteroatoms. The maximum absolute atomic E-state index is 12.8. The topological polar surface area (TPSA) is 84.2 Å². The standard InChI is InChI=1S/C22H28N6O2/c1-13-14(2)23-12-28(22(13)30)11-20(29)26-7-16-9-27(10-17(16)8-26)21-18-5-4-6-19(18)24-15(3)25-21/h12,16-17H,4-11H2,1-3H3. The summed E-state index contributed by atoms with van der Waals surface area (Å²) in [5, 5.41) is 0. The van der Waals surface area contributed by atoms with Crippen LogP contribution in [0, 0.1) is 32.6 Å². The fourth-order valence-electron chi connectivity index (χ4n) is 5.20. The quantitative estimate of drug-likeness (QED) is 0.755. The summed E-state index contributed by atoms with van der Waals surface area (Å²) in [7, 11) is 0. The molecule has 5 rings (SSSR count). The molecule has 2 aromatic heterocycles. The third-order valence-electron chi connectivity index (χ3n) is 6.98. The Morgan fingerprint density at radius 2 is 1.80 bits per heavy atom. The highest BCUT2D eigenvalue weighted by molar-refractivity contribution is 5.76. The molecule has 0 bridgehead atoms. The van der Waals surface area contributed by atoms with Crippen LogP contribution >= 0.6 is 0 Å². The van der Waals surface area contributed by atoms with Crippen molar-refractivity contribution in [3.05, 3.63) is 45.0 Å². The van der Waals surface area contributed by atoms with Crippen LogP contribution in [-0.4, -0.2) is 56.5 Å². The van der Waals surface area contributed by atoms with Gasteiger partial charge in [-0.1, -0.05) is 0 Å². The lowest BCUT2D eigenvalue weighted by molar-refractivity contribution is -0.131. The SMILES string of the molecule is Cc1nc2c(c(N3CC4CN(C(=O)Cn5cnc(C)c(C)c5=O)CC4C3)n1)CCC2. The van der Waals surface area contributed by atoms with Gasteiger partial charge in [-0.3, -0.25) is 14.2 Å². The normalized spacial score (nSPS) is 22.5. The summed E-state index contributed by atoms with van der Waals surface area (Å²) >= 11 is 0. The second kappa shape index (κ2) is 7.18. The van der Waals surface area contributed by atoms with Crippen LogP contribution in [0.2, 0.25) is 0 Å².